The summed E-state index contributed by atoms with van der Waals surface area (Å²) in [6.07, 6.45) is 6.35. The average molecular weight is 531 g/mol. The van der Waals surface area contributed by atoms with Crippen molar-refractivity contribution in [3.05, 3.63) is 102 Å². The molecule has 4 N–H and O–H groups in total. The Kier molecular flexibility index (Phi) is 10.4. The molecule has 2 aromatic carbocycles. The third-order valence-electron chi connectivity index (χ3n) is 6.30. The summed E-state index contributed by atoms with van der Waals surface area (Å²) in [6, 6.07) is 15.2. The Hall–Kier alpha value is -4.46. The quantitative estimate of drug-likeness (QED) is 0.289. The van der Waals surface area contributed by atoms with E-state index >= 15 is 0 Å². The average Bonchev–Trinajstić information content (AvgIpc) is 3.59. The van der Waals surface area contributed by atoms with Gasteiger partial charge in [0.15, 0.2) is 6.39 Å². The molecule has 0 radical (unpaired) electrons. The van der Waals surface area contributed by atoms with Crippen LogP contribution >= 0.6 is 0 Å². The number of primary amides is 1. The molecule has 0 spiro atoms. The fourth-order valence-electron chi connectivity index (χ4n) is 4.45. The van der Waals surface area contributed by atoms with Gasteiger partial charge in [-0.15, -0.1) is 0 Å². The molecule has 0 fully saturated rings. The van der Waals surface area contributed by atoms with Gasteiger partial charge in [0, 0.05) is 28.3 Å². The molecule has 39 heavy (non-hydrogen) atoms. The number of carbonyl (C=O) groups is 1. The van der Waals surface area contributed by atoms with Crippen LogP contribution in [-0.2, 0) is 17.6 Å². The Morgan fingerprint density at radius 2 is 1.82 bits per heavy atom. The van der Waals surface area contributed by atoms with Gasteiger partial charge < -0.3 is 20.6 Å². The van der Waals surface area contributed by atoms with Gasteiger partial charge in [-0.1, -0.05) is 45.5 Å². The zero-order valence-electron chi connectivity index (χ0n) is 22.6. The zero-order chi connectivity index (χ0) is 28.4. The summed E-state index contributed by atoms with van der Waals surface area (Å²) in [4.78, 5) is 17.8. The maximum Gasteiger partial charge on any atom is 0.204 e. The summed E-state index contributed by atoms with van der Waals surface area (Å²) >= 11 is 0. The first kappa shape index (κ1) is 29.1. The van der Waals surface area contributed by atoms with E-state index < -0.39 is 0 Å². The van der Waals surface area contributed by atoms with Gasteiger partial charge in [-0.2, -0.15) is 0 Å². The molecule has 1 aliphatic heterocycles. The lowest BCUT2D eigenvalue weighted by Gasteiger charge is -2.14. The van der Waals surface area contributed by atoms with Crippen LogP contribution in [0.2, 0.25) is 0 Å². The van der Waals surface area contributed by atoms with Crippen LogP contribution in [0, 0.1) is 5.82 Å². The van der Waals surface area contributed by atoms with Crippen LogP contribution in [0.25, 0.3) is 22.5 Å². The number of benzene rings is 2. The number of halogens is 1. The van der Waals surface area contributed by atoms with Crippen LogP contribution in [0.3, 0.4) is 0 Å². The van der Waals surface area contributed by atoms with Crippen LogP contribution in [0.15, 0.2) is 78.4 Å². The number of amides is 1. The largest absolute Gasteiger partial charge is 0.490 e. The lowest BCUT2D eigenvalue weighted by molar-refractivity contribution is -0.106. The van der Waals surface area contributed by atoms with E-state index in [9.17, 15) is 4.39 Å². The lowest BCUT2D eigenvalue weighted by Crippen LogP contribution is -2.01. The van der Waals surface area contributed by atoms with Gasteiger partial charge in [0.25, 0.3) is 0 Å². The van der Waals surface area contributed by atoms with Crippen LogP contribution in [0.1, 0.15) is 55.0 Å². The number of pyridine rings is 1. The van der Waals surface area contributed by atoms with Gasteiger partial charge in [-0.05, 0) is 66.4 Å². The van der Waals surface area contributed by atoms with Gasteiger partial charge in [-0.25, -0.2) is 14.4 Å². The molecule has 1 aliphatic rings. The number of hydrogen-bond donors (Lipinski definition) is 2. The smallest absolute Gasteiger partial charge is 0.204 e. The summed E-state index contributed by atoms with van der Waals surface area (Å²) in [6.45, 7) is 10.3. The number of aromatic nitrogens is 2. The number of nitrogens with zero attached hydrogens (tertiary/aromatic N) is 2. The van der Waals surface area contributed by atoms with E-state index in [1.165, 1.54) is 41.4 Å². The summed E-state index contributed by atoms with van der Waals surface area (Å²) in [5, 5.41) is 0. The van der Waals surface area contributed by atoms with E-state index in [2.05, 4.69) is 68.1 Å². The van der Waals surface area contributed by atoms with Crippen molar-refractivity contribution in [2.24, 2.45) is 11.5 Å². The predicted molar refractivity (Wildman–Crippen MR) is 152 cm³/mol. The summed E-state index contributed by atoms with van der Waals surface area (Å²) in [5.74, 6) is 1.26. The SMILES string of the molecule is C=CN.CC(C)c1cc(CCc2cc3c(c(-c4ccc(F)cc4)n2)OCC3C)ccc1-c1cocn1.NC=O. The third kappa shape index (κ3) is 7.31. The minimum Gasteiger partial charge on any atom is -0.490 e. The molecule has 0 aliphatic carbocycles. The van der Waals surface area contributed by atoms with Crippen molar-refractivity contribution in [1.82, 2.24) is 9.97 Å². The van der Waals surface area contributed by atoms with Crippen molar-refractivity contribution in [1.29, 1.82) is 0 Å². The van der Waals surface area contributed by atoms with Crippen molar-refractivity contribution >= 4 is 6.41 Å². The van der Waals surface area contributed by atoms with E-state index in [4.69, 9.17) is 18.9 Å². The number of hydrogen-bond acceptors (Lipinski definition) is 6. The normalized spacial score (nSPS) is 13.3. The molecule has 2 aromatic heterocycles. The van der Waals surface area contributed by atoms with Crippen LogP contribution in [-0.4, -0.2) is 23.0 Å². The van der Waals surface area contributed by atoms with Crippen molar-refractivity contribution in [2.45, 2.75) is 45.4 Å². The molecular weight excluding hydrogens is 495 g/mol. The van der Waals surface area contributed by atoms with Gasteiger partial charge in [-0.3, -0.25) is 4.79 Å². The van der Waals surface area contributed by atoms with E-state index in [-0.39, 0.29) is 12.2 Å². The maximum atomic E-state index is 13.5. The number of carbonyl (C=O) groups excluding carboxylic acids is 1. The highest BCUT2D eigenvalue weighted by Gasteiger charge is 2.26. The molecule has 1 unspecified atom stereocenters. The molecule has 0 bridgehead atoms. The van der Waals surface area contributed by atoms with Crippen molar-refractivity contribution in [3.63, 3.8) is 0 Å². The van der Waals surface area contributed by atoms with Crippen molar-refractivity contribution in [2.75, 3.05) is 6.61 Å². The number of fused-ring (bicyclic) bond motifs is 1. The van der Waals surface area contributed by atoms with Crippen molar-refractivity contribution < 1.29 is 18.3 Å². The number of rotatable bonds is 6. The van der Waals surface area contributed by atoms with E-state index in [1.807, 2.05) is 0 Å². The zero-order valence-corrected chi connectivity index (χ0v) is 22.6. The number of nitrogens with two attached hydrogens (primary N) is 2. The van der Waals surface area contributed by atoms with E-state index in [1.54, 1.807) is 18.4 Å². The van der Waals surface area contributed by atoms with Gasteiger partial charge in [0.1, 0.15) is 29.2 Å². The molecule has 5 rings (SSSR count). The molecular formula is C31H35FN4O3. The minimum absolute atomic E-state index is 0.250. The lowest BCUT2D eigenvalue weighted by atomic mass is 9.92. The number of oxazole rings is 1. The number of aryl methyl sites for hydroxylation is 2. The second-order valence-electron chi connectivity index (χ2n) is 9.42. The summed E-state index contributed by atoms with van der Waals surface area (Å²) in [7, 11) is 0. The molecule has 8 heteroatoms. The minimum atomic E-state index is -0.254. The third-order valence-corrected chi connectivity index (χ3v) is 6.30. The Morgan fingerprint density at radius 1 is 1.13 bits per heavy atom. The standard InChI is InChI=1S/C28H27FN2O2.C2H5N.CH3NO/c1-17(2)24-12-19(5-11-23(24)26-15-32-16-30-26)4-10-22-13-25-18(3)14-33-28(25)27(31-22)20-6-8-21(29)9-7-20;1-2-3;2-1-3/h5-9,11-13,15-18H,4,10,14H2,1-3H3;2H,1,3H2;1H,(H2,2,3). The summed E-state index contributed by atoms with van der Waals surface area (Å²) < 4.78 is 24.6. The van der Waals surface area contributed by atoms with E-state index in [0.29, 0.717) is 18.4 Å². The highest BCUT2D eigenvalue weighted by Crippen LogP contribution is 2.41. The van der Waals surface area contributed by atoms with E-state index in [0.717, 1.165) is 46.8 Å². The first-order valence-corrected chi connectivity index (χ1v) is 12.7. The van der Waals surface area contributed by atoms with Crippen molar-refractivity contribution in [3.8, 4) is 28.3 Å². The Bertz CT molecular complexity index is 1360. The van der Waals surface area contributed by atoms with Crippen LogP contribution < -0.4 is 16.2 Å². The molecule has 4 aromatic rings. The Morgan fingerprint density at radius 3 is 2.44 bits per heavy atom. The van der Waals surface area contributed by atoms with Crippen LogP contribution in [0.5, 0.6) is 5.75 Å². The Labute approximate surface area is 228 Å². The molecule has 0 saturated carbocycles. The van der Waals surface area contributed by atoms with Gasteiger partial charge in [0.05, 0.1) is 6.61 Å². The Balaban J connectivity index is 0.000000643. The first-order valence-electron chi connectivity index (χ1n) is 12.7. The van der Waals surface area contributed by atoms with Gasteiger partial charge in [0.2, 0.25) is 6.41 Å². The number of ether oxygens (including phenoxy) is 1. The molecule has 7 nitrogen and oxygen atoms in total. The highest BCUT2D eigenvalue weighted by molar-refractivity contribution is 5.70. The molecule has 0 saturated heterocycles. The maximum absolute atomic E-state index is 13.5. The molecule has 1 amide bonds. The molecule has 3 heterocycles. The fraction of sp³-hybridized carbons (Fsp3) is 0.258. The second-order valence-corrected chi connectivity index (χ2v) is 9.42. The molecule has 204 valence electrons. The fourth-order valence-corrected chi connectivity index (χ4v) is 4.45. The topological polar surface area (TPSA) is 117 Å². The van der Waals surface area contributed by atoms with Gasteiger partial charge >= 0.3 is 0 Å². The monoisotopic (exact) mass is 530 g/mol. The second kappa shape index (κ2) is 13.9. The first-order chi connectivity index (χ1) is 18.8. The molecule has 1 atom stereocenters. The highest BCUT2D eigenvalue weighted by atomic mass is 19.1. The van der Waals surface area contributed by atoms with Crippen LogP contribution in [0.4, 0.5) is 4.39 Å². The summed E-state index contributed by atoms with van der Waals surface area (Å²) in [5.41, 5.74) is 17.2. The predicted octanol–water partition coefficient (Wildman–Crippen LogP) is 6.14.